The predicted molar refractivity (Wildman–Crippen MR) is 114 cm³/mol. The third kappa shape index (κ3) is 5.38. The minimum Gasteiger partial charge on any atom is -0.335 e. The molecule has 0 unspecified atom stereocenters. The van der Waals surface area contributed by atoms with Crippen molar-refractivity contribution in [1.29, 1.82) is 0 Å². The Morgan fingerprint density at radius 3 is 2.21 bits per heavy atom. The molecular formula is C22H33N3O3S. The molecule has 1 amide bonds. The number of hydrogen-bond donors (Lipinski definition) is 0. The van der Waals surface area contributed by atoms with Crippen LogP contribution >= 0.6 is 0 Å². The highest BCUT2D eigenvalue weighted by molar-refractivity contribution is 7.91. The molecule has 3 aliphatic rings. The van der Waals surface area contributed by atoms with E-state index in [0.717, 1.165) is 58.4 Å². The molecule has 1 saturated carbocycles. The highest BCUT2D eigenvalue weighted by atomic mass is 32.2. The molecule has 1 aromatic carbocycles. The Kier molecular flexibility index (Phi) is 6.56. The maximum atomic E-state index is 13.2. The second-order valence-electron chi connectivity index (χ2n) is 8.83. The number of hydrogen-bond acceptors (Lipinski definition) is 5. The molecular weight excluding hydrogens is 386 g/mol. The monoisotopic (exact) mass is 419 g/mol. The van der Waals surface area contributed by atoms with E-state index in [-0.39, 0.29) is 29.5 Å². The van der Waals surface area contributed by atoms with Crippen LogP contribution in [0.1, 0.15) is 37.7 Å². The smallest absolute Gasteiger partial charge is 0.237 e. The number of sulfone groups is 1. The molecule has 0 bridgehead atoms. The van der Waals surface area contributed by atoms with Crippen LogP contribution in [0.2, 0.25) is 0 Å². The summed E-state index contributed by atoms with van der Waals surface area (Å²) in [7, 11) is -2.99. The maximum Gasteiger partial charge on any atom is 0.237 e. The third-order valence-corrected chi connectivity index (χ3v) is 8.43. The van der Waals surface area contributed by atoms with Crippen molar-refractivity contribution in [2.24, 2.45) is 0 Å². The molecule has 4 rings (SSSR count). The minimum absolute atomic E-state index is 0.116. The van der Waals surface area contributed by atoms with Gasteiger partial charge in [-0.1, -0.05) is 43.2 Å². The van der Waals surface area contributed by atoms with E-state index in [1.807, 2.05) is 11.0 Å². The van der Waals surface area contributed by atoms with Crippen LogP contribution in [0.3, 0.4) is 0 Å². The van der Waals surface area contributed by atoms with E-state index < -0.39 is 9.84 Å². The second kappa shape index (κ2) is 9.14. The maximum absolute atomic E-state index is 13.2. The molecule has 0 radical (unpaired) electrons. The zero-order chi connectivity index (χ0) is 20.3. The van der Waals surface area contributed by atoms with Crippen LogP contribution in [0.4, 0.5) is 0 Å². The number of benzene rings is 1. The number of nitrogens with zero attached hydrogens (tertiary/aromatic N) is 3. The summed E-state index contributed by atoms with van der Waals surface area (Å²) < 4.78 is 24.0. The summed E-state index contributed by atoms with van der Waals surface area (Å²) in [4.78, 5) is 19.9. The van der Waals surface area contributed by atoms with Crippen LogP contribution in [0.15, 0.2) is 30.3 Å². The van der Waals surface area contributed by atoms with Crippen LogP contribution in [0, 0.1) is 0 Å². The summed E-state index contributed by atoms with van der Waals surface area (Å²) in [5.41, 5.74) is 1.33. The molecule has 29 heavy (non-hydrogen) atoms. The number of carbonyl (C=O) groups excluding carboxylic acids is 1. The molecule has 2 saturated heterocycles. The lowest BCUT2D eigenvalue weighted by Crippen LogP contribution is -2.53. The quantitative estimate of drug-likeness (QED) is 0.703. The predicted octanol–water partition coefficient (Wildman–Crippen LogP) is 1.76. The average Bonchev–Trinajstić information content (AvgIpc) is 3.34. The fraction of sp³-hybridized carbons (Fsp3) is 0.682. The molecule has 0 N–H and O–H groups in total. The Balaban J connectivity index is 1.32. The van der Waals surface area contributed by atoms with Crippen molar-refractivity contribution >= 4 is 15.7 Å². The number of piperazine rings is 1. The van der Waals surface area contributed by atoms with Gasteiger partial charge in [0.05, 0.1) is 18.1 Å². The van der Waals surface area contributed by atoms with E-state index in [9.17, 15) is 13.2 Å². The molecule has 160 valence electrons. The average molecular weight is 420 g/mol. The molecule has 2 aliphatic heterocycles. The highest BCUT2D eigenvalue weighted by Gasteiger charge is 2.39. The van der Waals surface area contributed by atoms with Crippen LogP contribution < -0.4 is 0 Å². The SMILES string of the molecule is O=C(CN1CCN(Cc2ccccc2)CC1)N(C1CCCC1)[C@@H]1CCS(=O)(=O)C1. The molecule has 6 nitrogen and oxygen atoms in total. The van der Waals surface area contributed by atoms with E-state index in [1.54, 1.807) is 0 Å². The van der Waals surface area contributed by atoms with Gasteiger partial charge in [0.15, 0.2) is 9.84 Å². The summed E-state index contributed by atoms with van der Waals surface area (Å²) in [6, 6.07) is 10.6. The van der Waals surface area contributed by atoms with Crippen molar-refractivity contribution in [3.05, 3.63) is 35.9 Å². The Hall–Kier alpha value is -1.44. The van der Waals surface area contributed by atoms with Crippen molar-refractivity contribution in [2.75, 3.05) is 44.2 Å². The molecule has 0 aromatic heterocycles. The van der Waals surface area contributed by atoms with Crippen LogP contribution in [-0.4, -0.2) is 85.3 Å². The normalized spacial score (nSPS) is 26.0. The molecule has 1 aliphatic carbocycles. The lowest BCUT2D eigenvalue weighted by atomic mass is 10.1. The van der Waals surface area contributed by atoms with Crippen LogP contribution in [-0.2, 0) is 21.2 Å². The van der Waals surface area contributed by atoms with Gasteiger partial charge < -0.3 is 4.90 Å². The van der Waals surface area contributed by atoms with Gasteiger partial charge in [-0.05, 0) is 24.8 Å². The van der Waals surface area contributed by atoms with E-state index in [4.69, 9.17) is 0 Å². The Labute approximate surface area is 174 Å². The second-order valence-corrected chi connectivity index (χ2v) is 11.1. The Morgan fingerprint density at radius 1 is 0.931 bits per heavy atom. The molecule has 0 spiro atoms. The standard InChI is InChI=1S/C22H33N3O3S/c26-22(25(20-8-4-5-9-20)21-10-15-29(27,28)18-21)17-24-13-11-23(12-14-24)16-19-6-2-1-3-7-19/h1-3,6-7,20-21H,4-5,8-18H2/t21-/m1/s1. The summed E-state index contributed by atoms with van der Waals surface area (Å²) in [5, 5.41) is 0. The first-order chi connectivity index (χ1) is 14.0. The van der Waals surface area contributed by atoms with Gasteiger partial charge >= 0.3 is 0 Å². The van der Waals surface area contributed by atoms with Gasteiger partial charge in [0, 0.05) is 44.8 Å². The summed E-state index contributed by atoms with van der Waals surface area (Å²) in [6.07, 6.45) is 4.94. The van der Waals surface area contributed by atoms with Gasteiger partial charge in [0.1, 0.15) is 0 Å². The van der Waals surface area contributed by atoms with Gasteiger partial charge in [-0.2, -0.15) is 0 Å². The zero-order valence-electron chi connectivity index (χ0n) is 17.2. The van der Waals surface area contributed by atoms with Crippen molar-refractivity contribution in [2.45, 2.75) is 50.7 Å². The molecule has 2 heterocycles. The number of carbonyl (C=O) groups is 1. The molecule has 1 aromatic rings. The lowest BCUT2D eigenvalue weighted by Gasteiger charge is -2.38. The highest BCUT2D eigenvalue weighted by Crippen LogP contribution is 2.29. The first kappa shape index (κ1) is 20.8. The summed E-state index contributed by atoms with van der Waals surface area (Å²) >= 11 is 0. The topological polar surface area (TPSA) is 60.9 Å². The van der Waals surface area contributed by atoms with Gasteiger partial charge in [0.2, 0.25) is 5.91 Å². The van der Waals surface area contributed by atoms with E-state index in [2.05, 4.69) is 34.1 Å². The molecule has 7 heteroatoms. The minimum atomic E-state index is -2.99. The third-order valence-electron chi connectivity index (χ3n) is 6.68. The summed E-state index contributed by atoms with van der Waals surface area (Å²) in [5.74, 6) is 0.516. The lowest BCUT2D eigenvalue weighted by molar-refractivity contribution is -0.137. The van der Waals surface area contributed by atoms with Gasteiger partial charge in [0.25, 0.3) is 0 Å². The Morgan fingerprint density at radius 2 is 1.59 bits per heavy atom. The van der Waals surface area contributed by atoms with Crippen LogP contribution in [0.5, 0.6) is 0 Å². The van der Waals surface area contributed by atoms with Crippen LogP contribution in [0.25, 0.3) is 0 Å². The van der Waals surface area contributed by atoms with E-state index in [0.29, 0.717) is 13.0 Å². The first-order valence-corrected chi connectivity index (χ1v) is 12.8. The largest absolute Gasteiger partial charge is 0.335 e. The van der Waals surface area contributed by atoms with Crippen molar-refractivity contribution in [1.82, 2.24) is 14.7 Å². The number of rotatable bonds is 6. The number of amides is 1. The molecule has 3 fully saturated rings. The summed E-state index contributed by atoms with van der Waals surface area (Å²) in [6.45, 7) is 5.08. The fourth-order valence-corrected chi connectivity index (χ4v) is 6.81. The fourth-order valence-electron chi connectivity index (χ4n) is 5.10. The Bertz CT molecular complexity index is 785. The van der Waals surface area contributed by atoms with E-state index >= 15 is 0 Å². The van der Waals surface area contributed by atoms with Gasteiger partial charge in [-0.15, -0.1) is 0 Å². The van der Waals surface area contributed by atoms with Gasteiger partial charge in [-0.3, -0.25) is 14.6 Å². The van der Waals surface area contributed by atoms with Crippen molar-refractivity contribution in [3.63, 3.8) is 0 Å². The first-order valence-electron chi connectivity index (χ1n) is 11.0. The van der Waals surface area contributed by atoms with Crippen molar-refractivity contribution < 1.29 is 13.2 Å². The van der Waals surface area contributed by atoms with Crippen molar-refractivity contribution in [3.8, 4) is 0 Å². The molecule has 1 atom stereocenters. The van der Waals surface area contributed by atoms with E-state index in [1.165, 1.54) is 5.56 Å². The zero-order valence-corrected chi connectivity index (χ0v) is 18.0. The van der Waals surface area contributed by atoms with Gasteiger partial charge in [-0.25, -0.2) is 8.42 Å².